The first-order chi connectivity index (χ1) is 9.58. The predicted molar refractivity (Wildman–Crippen MR) is 77.4 cm³/mol. The highest BCUT2D eigenvalue weighted by Gasteiger charge is 2.46. The minimum absolute atomic E-state index is 0.185. The summed E-state index contributed by atoms with van der Waals surface area (Å²) >= 11 is 3.53. The fraction of sp³-hybridized carbons (Fsp3) is 0.533. The lowest BCUT2D eigenvalue weighted by Gasteiger charge is -2.11. The molecular formula is C15H17BrO4. The Kier molecular flexibility index (Phi) is 3.63. The van der Waals surface area contributed by atoms with Gasteiger partial charge in [0, 0.05) is 16.3 Å². The SMILES string of the molecule is O=C(O)CCCc1cc2c(cc1Br)OCC1(CC1)CO2. The van der Waals surface area contributed by atoms with Crippen molar-refractivity contribution in [2.24, 2.45) is 5.41 Å². The first-order valence-corrected chi connectivity index (χ1v) is 7.67. The Morgan fingerprint density at radius 1 is 1.25 bits per heavy atom. The molecule has 4 nitrogen and oxygen atoms in total. The largest absolute Gasteiger partial charge is 0.489 e. The smallest absolute Gasteiger partial charge is 0.303 e. The van der Waals surface area contributed by atoms with E-state index in [1.165, 1.54) is 12.8 Å². The maximum absolute atomic E-state index is 10.6. The Morgan fingerprint density at radius 3 is 2.50 bits per heavy atom. The van der Waals surface area contributed by atoms with Crippen LogP contribution < -0.4 is 9.47 Å². The molecule has 1 N–H and O–H groups in total. The van der Waals surface area contributed by atoms with Gasteiger partial charge in [-0.05, 0) is 43.4 Å². The van der Waals surface area contributed by atoms with Gasteiger partial charge in [0.25, 0.3) is 0 Å². The third-order valence-corrected chi connectivity index (χ3v) is 4.71. The molecule has 0 amide bonds. The van der Waals surface area contributed by atoms with Gasteiger partial charge in [0.05, 0.1) is 13.2 Å². The van der Waals surface area contributed by atoms with Crippen molar-refractivity contribution in [1.82, 2.24) is 0 Å². The molecule has 20 heavy (non-hydrogen) atoms. The Hall–Kier alpha value is -1.23. The van der Waals surface area contributed by atoms with E-state index in [1.54, 1.807) is 0 Å². The first kappa shape index (κ1) is 13.7. The second-order valence-electron chi connectivity index (χ2n) is 5.71. The van der Waals surface area contributed by atoms with Gasteiger partial charge < -0.3 is 14.6 Å². The van der Waals surface area contributed by atoms with E-state index in [4.69, 9.17) is 14.6 Å². The summed E-state index contributed by atoms with van der Waals surface area (Å²) in [5.41, 5.74) is 1.30. The highest BCUT2D eigenvalue weighted by atomic mass is 79.9. The van der Waals surface area contributed by atoms with Gasteiger partial charge in [0.1, 0.15) is 0 Å². The summed E-state index contributed by atoms with van der Waals surface area (Å²) in [6, 6.07) is 3.91. The molecule has 1 saturated carbocycles. The van der Waals surface area contributed by atoms with E-state index in [2.05, 4.69) is 15.9 Å². The molecule has 3 rings (SSSR count). The van der Waals surface area contributed by atoms with Crippen molar-refractivity contribution in [1.29, 1.82) is 0 Å². The average molecular weight is 341 g/mol. The molecule has 1 aromatic carbocycles. The molecule has 1 heterocycles. The van der Waals surface area contributed by atoms with Gasteiger partial charge >= 0.3 is 5.97 Å². The number of ether oxygens (including phenoxy) is 2. The zero-order valence-corrected chi connectivity index (χ0v) is 12.7. The molecule has 0 saturated heterocycles. The van der Waals surface area contributed by atoms with Crippen molar-refractivity contribution >= 4 is 21.9 Å². The van der Waals surface area contributed by atoms with Crippen molar-refractivity contribution < 1.29 is 19.4 Å². The second kappa shape index (κ2) is 5.28. The third-order valence-electron chi connectivity index (χ3n) is 3.97. The van der Waals surface area contributed by atoms with E-state index >= 15 is 0 Å². The van der Waals surface area contributed by atoms with Gasteiger partial charge in [-0.2, -0.15) is 0 Å². The van der Waals surface area contributed by atoms with Gasteiger partial charge in [-0.3, -0.25) is 4.79 Å². The number of carbonyl (C=O) groups is 1. The van der Waals surface area contributed by atoms with Gasteiger partial charge in [-0.1, -0.05) is 15.9 Å². The van der Waals surface area contributed by atoms with Crippen LogP contribution in [0.5, 0.6) is 11.5 Å². The van der Waals surface area contributed by atoms with E-state index < -0.39 is 5.97 Å². The van der Waals surface area contributed by atoms with Crippen LogP contribution in [0.1, 0.15) is 31.2 Å². The molecule has 1 aliphatic carbocycles. The lowest BCUT2D eigenvalue weighted by molar-refractivity contribution is -0.137. The minimum Gasteiger partial charge on any atom is -0.489 e. The normalized spacial score (nSPS) is 18.6. The molecule has 0 bridgehead atoms. The van der Waals surface area contributed by atoms with Crippen molar-refractivity contribution in [3.63, 3.8) is 0 Å². The van der Waals surface area contributed by atoms with Crippen LogP contribution >= 0.6 is 15.9 Å². The number of aryl methyl sites for hydroxylation is 1. The molecule has 0 unspecified atom stereocenters. The molecule has 108 valence electrons. The number of fused-ring (bicyclic) bond motifs is 1. The summed E-state index contributed by atoms with van der Waals surface area (Å²) in [4.78, 5) is 10.6. The molecule has 5 heteroatoms. The van der Waals surface area contributed by atoms with Crippen LogP contribution in [0, 0.1) is 5.41 Å². The van der Waals surface area contributed by atoms with E-state index in [1.807, 2.05) is 12.1 Å². The van der Waals surface area contributed by atoms with Crippen molar-refractivity contribution in [2.45, 2.75) is 32.1 Å². The highest BCUT2D eigenvalue weighted by molar-refractivity contribution is 9.10. The Bertz CT molecular complexity index is 537. The summed E-state index contributed by atoms with van der Waals surface area (Å²) in [7, 11) is 0. The molecule has 1 aromatic rings. The minimum atomic E-state index is -0.758. The number of hydrogen-bond donors (Lipinski definition) is 1. The molecule has 1 fully saturated rings. The zero-order chi connectivity index (χ0) is 14.2. The van der Waals surface area contributed by atoms with E-state index in [0.29, 0.717) is 12.8 Å². The number of halogens is 1. The monoisotopic (exact) mass is 340 g/mol. The van der Waals surface area contributed by atoms with Crippen LogP contribution in [0.15, 0.2) is 16.6 Å². The number of rotatable bonds is 4. The number of aliphatic carboxylic acids is 1. The maximum atomic E-state index is 10.6. The van der Waals surface area contributed by atoms with Crippen molar-refractivity contribution in [2.75, 3.05) is 13.2 Å². The van der Waals surface area contributed by atoms with Crippen LogP contribution in [0.25, 0.3) is 0 Å². The zero-order valence-electron chi connectivity index (χ0n) is 11.2. The lowest BCUT2D eigenvalue weighted by Crippen LogP contribution is -2.17. The first-order valence-electron chi connectivity index (χ1n) is 6.88. The molecule has 0 aromatic heterocycles. The molecule has 0 atom stereocenters. The lowest BCUT2D eigenvalue weighted by atomic mass is 10.1. The average Bonchev–Trinajstić information content (AvgIpc) is 3.19. The van der Waals surface area contributed by atoms with Crippen LogP contribution in [-0.2, 0) is 11.2 Å². The summed E-state index contributed by atoms with van der Waals surface area (Å²) in [6.45, 7) is 1.45. The van der Waals surface area contributed by atoms with Gasteiger partial charge in [-0.25, -0.2) is 0 Å². The van der Waals surface area contributed by atoms with E-state index in [-0.39, 0.29) is 11.8 Å². The van der Waals surface area contributed by atoms with Crippen molar-refractivity contribution in [3.8, 4) is 11.5 Å². The van der Waals surface area contributed by atoms with Crippen molar-refractivity contribution in [3.05, 3.63) is 22.2 Å². The molecule has 1 spiro atoms. The van der Waals surface area contributed by atoms with Gasteiger partial charge in [-0.15, -0.1) is 0 Å². The number of carboxylic acids is 1. The molecule has 2 aliphatic rings. The van der Waals surface area contributed by atoms with E-state index in [9.17, 15) is 4.79 Å². The van der Waals surface area contributed by atoms with E-state index in [0.717, 1.165) is 34.7 Å². The van der Waals surface area contributed by atoms with Crippen LogP contribution in [-0.4, -0.2) is 24.3 Å². The quantitative estimate of drug-likeness (QED) is 0.912. The molecule has 0 radical (unpaired) electrons. The summed E-state index contributed by atoms with van der Waals surface area (Å²) in [6.07, 6.45) is 3.87. The third kappa shape index (κ3) is 2.92. The topological polar surface area (TPSA) is 55.8 Å². The van der Waals surface area contributed by atoms with Gasteiger partial charge in [0.15, 0.2) is 11.5 Å². The standard InChI is InChI=1S/C15H17BrO4/c16-11-7-13-12(6-10(11)2-1-3-14(17)18)19-8-15(4-5-15)9-20-13/h6-7H,1-5,8-9H2,(H,17,18). The van der Waals surface area contributed by atoms with Crippen LogP contribution in [0.4, 0.5) is 0 Å². The van der Waals surface area contributed by atoms with Crippen LogP contribution in [0.2, 0.25) is 0 Å². The highest BCUT2D eigenvalue weighted by Crippen LogP contribution is 2.49. The predicted octanol–water partition coefficient (Wildman–Crippen LogP) is 3.41. The number of hydrogen-bond acceptors (Lipinski definition) is 3. The van der Waals surface area contributed by atoms with Crippen LogP contribution in [0.3, 0.4) is 0 Å². The Morgan fingerprint density at radius 2 is 1.90 bits per heavy atom. The Labute approximate surface area is 126 Å². The number of benzene rings is 1. The second-order valence-corrected chi connectivity index (χ2v) is 6.57. The summed E-state index contributed by atoms with van der Waals surface area (Å²) in [5, 5.41) is 8.70. The maximum Gasteiger partial charge on any atom is 0.303 e. The fourth-order valence-corrected chi connectivity index (χ4v) is 2.91. The summed E-state index contributed by atoms with van der Waals surface area (Å²) < 4.78 is 12.7. The Balaban J connectivity index is 1.73. The van der Waals surface area contributed by atoms with Gasteiger partial charge in [0.2, 0.25) is 0 Å². The fourth-order valence-electron chi connectivity index (χ4n) is 2.39. The molecule has 1 aliphatic heterocycles. The summed E-state index contributed by atoms with van der Waals surface area (Å²) in [5.74, 6) is 0.802. The molecular weight excluding hydrogens is 324 g/mol. The number of carboxylic acid groups (broad SMARTS) is 1.